The minimum atomic E-state index is 0. The van der Waals surface area contributed by atoms with E-state index >= 15 is 0 Å². The molecule has 0 saturated heterocycles. The Morgan fingerprint density at radius 1 is 0.778 bits per heavy atom. The number of rotatable bonds is 1. The summed E-state index contributed by atoms with van der Waals surface area (Å²) in [6.45, 7) is 8.58. The zero-order valence-corrected chi connectivity index (χ0v) is 11.3. The Bertz CT molecular complexity index is 441. The van der Waals surface area contributed by atoms with Gasteiger partial charge in [0.05, 0.1) is 0 Å². The molecule has 2 aromatic rings. The maximum Gasteiger partial charge on any atom is -0.0307 e. The number of hydrogen-bond donors (Lipinski definition) is 0. The summed E-state index contributed by atoms with van der Waals surface area (Å²) in [5, 5.41) is 0. The zero-order chi connectivity index (χ0) is 12.7. The summed E-state index contributed by atoms with van der Waals surface area (Å²) in [5.74, 6) is 0. The summed E-state index contributed by atoms with van der Waals surface area (Å²) >= 11 is 0. The van der Waals surface area contributed by atoms with Crippen LogP contribution in [0.5, 0.6) is 0 Å². The van der Waals surface area contributed by atoms with Crippen LogP contribution in [0.2, 0.25) is 0 Å². The van der Waals surface area contributed by atoms with Gasteiger partial charge in [0.25, 0.3) is 0 Å². The Kier molecular flexibility index (Phi) is 7.78. The van der Waals surface area contributed by atoms with Crippen molar-refractivity contribution in [2.75, 3.05) is 0 Å². The molecule has 0 aromatic heterocycles. The number of aryl methyl sites for hydroxylation is 4. The highest BCUT2D eigenvalue weighted by molar-refractivity contribution is 5.29. The van der Waals surface area contributed by atoms with E-state index in [-0.39, 0.29) is 7.43 Å². The minimum absolute atomic E-state index is 0. The van der Waals surface area contributed by atoms with Gasteiger partial charge in [0.1, 0.15) is 0 Å². The summed E-state index contributed by atoms with van der Waals surface area (Å²) in [4.78, 5) is 0. The van der Waals surface area contributed by atoms with Gasteiger partial charge in [-0.2, -0.15) is 0 Å². The van der Waals surface area contributed by atoms with Crippen molar-refractivity contribution in [2.45, 2.75) is 41.5 Å². The topological polar surface area (TPSA) is 0 Å². The molecule has 0 nitrogen and oxygen atoms in total. The van der Waals surface area contributed by atoms with Crippen LogP contribution >= 0.6 is 0 Å². The molecule has 0 atom stereocenters. The first-order valence-electron chi connectivity index (χ1n) is 6.21. The molecule has 0 spiro atoms. The van der Waals surface area contributed by atoms with E-state index in [9.17, 15) is 0 Å². The van der Waals surface area contributed by atoms with Crippen molar-refractivity contribution in [1.82, 2.24) is 0 Å². The molecule has 18 heavy (non-hydrogen) atoms. The van der Waals surface area contributed by atoms with Crippen LogP contribution < -0.4 is 0 Å². The predicted octanol–water partition coefficient (Wildman–Crippen LogP) is 5.50. The predicted molar refractivity (Wildman–Crippen MR) is 83.2 cm³/mol. The summed E-state index contributed by atoms with van der Waals surface area (Å²) in [6, 6.07) is 16.9. The summed E-state index contributed by atoms with van der Waals surface area (Å²) in [5.41, 5.74) is 5.54. The van der Waals surface area contributed by atoms with E-state index in [2.05, 4.69) is 58.0 Å². The second kappa shape index (κ2) is 8.52. The van der Waals surface area contributed by atoms with Gasteiger partial charge in [0.15, 0.2) is 0 Å². The molecule has 0 amide bonds. The highest BCUT2D eigenvalue weighted by Gasteiger charge is 1.92. The third-order valence-electron chi connectivity index (χ3n) is 2.92. The quantitative estimate of drug-likeness (QED) is 0.619. The van der Waals surface area contributed by atoms with Crippen LogP contribution in [-0.4, -0.2) is 0 Å². The fourth-order valence-electron chi connectivity index (χ4n) is 1.56. The monoisotopic (exact) mass is 242 g/mol. The van der Waals surface area contributed by atoms with E-state index < -0.39 is 0 Å². The molecule has 0 fully saturated rings. The molecular weight excluding hydrogens is 216 g/mol. The molecule has 2 rings (SSSR count). The second-order valence-electron chi connectivity index (χ2n) is 4.43. The van der Waals surface area contributed by atoms with Crippen LogP contribution in [0.15, 0.2) is 48.5 Å². The highest BCUT2D eigenvalue weighted by atomic mass is 14.0. The van der Waals surface area contributed by atoms with Crippen LogP contribution in [0.25, 0.3) is 0 Å². The maximum absolute atomic E-state index is 2.26. The lowest BCUT2D eigenvalue weighted by Gasteiger charge is -2.01. The van der Waals surface area contributed by atoms with Crippen molar-refractivity contribution in [3.05, 3.63) is 70.8 Å². The van der Waals surface area contributed by atoms with Crippen molar-refractivity contribution >= 4 is 0 Å². The standard InChI is InChI=1S/C10H14.C7H8.CH4/c1-4-10-6-5-8(2)9(3)7-10;1-7-5-3-2-4-6-7;/h5-7H,4H2,1-3H3;2-6H,1H3;1H4. The molecule has 0 bridgehead atoms. The Balaban J connectivity index is 0.000000321. The van der Waals surface area contributed by atoms with Gasteiger partial charge in [0.2, 0.25) is 0 Å². The van der Waals surface area contributed by atoms with E-state index in [4.69, 9.17) is 0 Å². The van der Waals surface area contributed by atoms with Gasteiger partial charge in [-0.25, -0.2) is 0 Å². The van der Waals surface area contributed by atoms with Crippen molar-refractivity contribution in [1.29, 1.82) is 0 Å². The van der Waals surface area contributed by atoms with Crippen LogP contribution in [0.1, 0.15) is 36.6 Å². The van der Waals surface area contributed by atoms with E-state index in [1.807, 2.05) is 18.2 Å². The molecule has 0 N–H and O–H groups in total. The second-order valence-corrected chi connectivity index (χ2v) is 4.43. The SMILES string of the molecule is C.CCc1ccc(C)c(C)c1.Cc1ccccc1. The van der Waals surface area contributed by atoms with Crippen molar-refractivity contribution < 1.29 is 0 Å². The van der Waals surface area contributed by atoms with Crippen LogP contribution in [-0.2, 0) is 6.42 Å². The Morgan fingerprint density at radius 2 is 1.39 bits per heavy atom. The summed E-state index contributed by atoms with van der Waals surface area (Å²) in [6.07, 6.45) is 1.14. The summed E-state index contributed by atoms with van der Waals surface area (Å²) < 4.78 is 0. The lowest BCUT2D eigenvalue weighted by atomic mass is 10.1. The lowest BCUT2D eigenvalue weighted by Crippen LogP contribution is -1.84. The molecule has 0 unspecified atom stereocenters. The molecule has 0 aliphatic rings. The molecule has 0 aliphatic heterocycles. The molecule has 0 heteroatoms. The number of hydrogen-bond acceptors (Lipinski definition) is 0. The van der Waals surface area contributed by atoms with Gasteiger partial charge >= 0.3 is 0 Å². The molecule has 0 heterocycles. The molecule has 0 aliphatic carbocycles. The Labute approximate surface area is 113 Å². The lowest BCUT2D eigenvalue weighted by molar-refractivity contribution is 1.12. The van der Waals surface area contributed by atoms with Gasteiger partial charge < -0.3 is 0 Å². The highest BCUT2D eigenvalue weighted by Crippen LogP contribution is 2.09. The van der Waals surface area contributed by atoms with Gasteiger partial charge in [-0.1, -0.05) is 68.4 Å². The first-order valence-corrected chi connectivity index (χ1v) is 6.21. The third kappa shape index (κ3) is 5.67. The van der Waals surface area contributed by atoms with Gasteiger partial charge in [0, 0.05) is 0 Å². The average molecular weight is 242 g/mol. The largest absolute Gasteiger partial charge is 0.0776 e. The van der Waals surface area contributed by atoms with E-state index in [0.717, 1.165) is 6.42 Å². The zero-order valence-electron chi connectivity index (χ0n) is 11.3. The van der Waals surface area contributed by atoms with Gasteiger partial charge in [-0.05, 0) is 43.9 Å². The first-order chi connectivity index (χ1) is 8.13. The molecule has 0 radical (unpaired) electrons. The maximum atomic E-state index is 2.26. The van der Waals surface area contributed by atoms with Gasteiger partial charge in [-0.3, -0.25) is 0 Å². The van der Waals surface area contributed by atoms with Crippen LogP contribution in [0.3, 0.4) is 0 Å². The van der Waals surface area contributed by atoms with Crippen LogP contribution in [0.4, 0.5) is 0 Å². The Morgan fingerprint density at radius 3 is 1.78 bits per heavy atom. The molecule has 2 aromatic carbocycles. The smallest absolute Gasteiger partial charge is 0.0307 e. The van der Waals surface area contributed by atoms with E-state index in [0.29, 0.717) is 0 Å². The van der Waals surface area contributed by atoms with Crippen molar-refractivity contribution in [3.63, 3.8) is 0 Å². The third-order valence-corrected chi connectivity index (χ3v) is 2.92. The summed E-state index contributed by atoms with van der Waals surface area (Å²) in [7, 11) is 0. The van der Waals surface area contributed by atoms with Crippen molar-refractivity contribution in [2.24, 2.45) is 0 Å². The van der Waals surface area contributed by atoms with Crippen LogP contribution in [0, 0.1) is 20.8 Å². The van der Waals surface area contributed by atoms with E-state index in [1.165, 1.54) is 22.3 Å². The Hall–Kier alpha value is -1.56. The fourth-order valence-corrected chi connectivity index (χ4v) is 1.56. The first kappa shape index (κ1) is 16.4. The number of benzene rings is 2. The average Bonchev–Trinajstić information content (AvgIpc) is 2.34. The normalized spacial score (nSPS) is 8.89. The van der Waals surface area contributed by atoms with Gasteiger partial charge in [-0.15, -0.1) is 0 Å². The fraction of sp³-hybridized carbons (Fsp3) is 0.333. The van der Waals surface area contributed by atoms with Crippen molar-refractivity contribution in [3.8, 4) is 0 Å². The van der Waals surface area contributed by atoms with E-state index in [1.54, 1.807) is 0 Å². The molecule has 0 saturated carbocycles. The minimum Gasteiger partial charge on any atom is -0.0776 e. The molecular formula is C18H26. The molecule has 98 valence electrons.